The van der Waals surface area contributed by atoms with E-state index in [2.05, 4.69) is 14.7 Å². The summed E-state index contributed by atoms with van der Waals surface area (Å²) in [5, 5.41) is 2.70. The van der Waals surface area contributed by atoms with Crippen LogP contribution in [0.5, 0.6) is 0 Å². The first-order chi connectivity index (χ1) is 10.0. The summed E-state index contributed by atoms with van der Waals surface area (Å²) >= 11 is 8.07. The fraction of sp³-hybridized carbons (Fsp3) is 0. The molecule has 0 spiro atoms. The second kappa shape index (κ2) is 5.72. The highest BCUT2D eigenvalue weighted by Crippen LogP contribution is 2.27. The Hall–Kier alpha value is -1.48. The largest absolute Gasteiger partial charge is 0.279 e. The number of halogens is 1. The third-order valence-electron chi connectivity index (χ3n) is 2.52. The molecule has 0 aliphatic rings. The topological polar surface area (TPSA) is 72.0 Å². The van der Waals surface area contributed by atoms with Crippen LogP contribution in [0.2, 0.25) is 4.47 Å². The van der Waals surface area contributed by atoms with E-state index in [1.807, 2.05) is 11.4 Å². The van der Waals surface area contributed by atoms with Crippen molar-refractivity contribution in [2.75, 3.05) is 4.72 Å². The Morgan fingerprint density at radius 3 is 2.76 bits per heavy atom. The number of benzene rings is 1. The van der Waals surface area contributed by atoms with Gasteiger partial charge in [-0.05, 0) is 12.1 Å². The highest BCUT2D eigenvalue weighted by atomic mass is 35.5. The fourth-order valence-corrected chi connectivity index (χ4v) is 4.63. The van der Waals surface area contributed by atoms with E-state index in [-0.39, 0.29) is 8.68 Å². The van der Waals surface area contributed by atoms with Gasteiger partial charge in [0.25, 0.3) is 10.0 Å². The van der Waals surface area contributed by atoms with Crippen LogP contribution in [0.1, 0.15) is 0 Å². The van der Waals surface area contributed by atoms with E-state index in [0.717, 1.165) is 21.9 Å². The average Bonchev–Trinajstić information content (AvgIpc) is 3.09. The van der Waals surface area contributed by atoms with Crippen LogP contribution in [0.4, 0.5) is 5.69 Å². The number of hydrogen-bond donors (Lipinski definition) is 1. The van der Waals surface area contributed by atoms with Gasteiger partial charge in [0.05, 0.1) is 6.20 Å². The second-order valence-electron chi connectivity index (χ2n) is 3.96. The Morgan fingerprint density at radius 2 is 2.10 bits per heavy atom. The molecule has 0 aliphatic carbocycles. The van der Waals surface area contributed by atoms with Crippen molar-refractivity contribution in [3.8, 4) is 10.6 Å². The second-order valence-corrected chi connectivity index (χ2v) is 8.37. The van der Waals surface area contributed by atoms with Crippen molar-refractivity contribution >= 4 is 50.0 Å². The summed E-state index contributed by atoms with van der Waals surface area (Å²) in [5.41, 5.74) is 1.32. The molecule has 1 N–H and O–H groups in total. The predicted octanol–water partition coefficient (Wildman–Crippen LogP) is 3.72. The molecule has 9 heteroatoms. The maximum atomic E-state index is 12.2. The molecule has 0 bridgehead atoms. The highest BCUT2D eigenvalue weighted by Gasteiger charge is 2.18. The zero-order valence-electron chi connectivity index (χ0n) is 10.4. The van der Waals surface area contributed by atoms with E-state index < -0.39 is 10.0 Å². The van der Waals surface area contributed by atoms with Gasteiger partial charge in [-0.2, -0.15) is 0 Å². The molecule has 2 heterocycles. The lowest BCUT2D eigenvalue weighted by atomic mass is 10.2. The van der Waals surface area contributed by atoms with E-state index >= 15 is 0 Å². The zero-order valence-corrected chi connectivity index (χ0v) is 13.6. The van der Waals surface area contributed by atoms with Gasteiger partial charge in [-0.15, -0.1) is 11.3 Å². The van der Waals surface area contributed by atoms with Gasteiger partial charge in [0.2, 0.25) is 0 Å². The zero-order chi connectivity index (χ0) is 14.9. The Morgan fingerprint density at radius 1 is 1.24 bits per heavy atom. The summed E-state index contributed by atoms with van der Waals surface area (Å²) in [4.78, 5) is 7.94. The van der Waals surface area contributed by atoms with Crippen LogP contribution in [-0.2, 0) is 10.0 Å². The number of thiazole rings is 2. The van der Waals surface area contributed by atoms with Gasteiger partial charge in [0.15, 0.2) is 8.68 Å². The highest BCUT2D eigenvalue weighted by molar-refractivity contribution is 7.94. The molecule has 0 aliphatic heterocycles. The minimum Gasteiger partial charge on any atom is -0.279 e. The average molecular weight is 358 g/mol. The van der Waals surface area contributed by atoms with Crippen molar-refractivity contribution in [3.63, 3.8) is 0 Å². The summed E-state index contributed by atoms with van der Waals surface area (Å²) < 4.78 is 27.2. The van der Waals surface area contributed by atoms with Crippen molar-refractivity contribution in [2.24, 2.45) is 0 Å². The first-order valence-corrected chi connectivity index (χ1v) is 9.24. The van der Waals surface area contributed by atoms with Gasteiger partial charge in [-0.1, -0.05) is 35.1 Å². The van der Waals surface area contributed by atoms with Crippen molar-refractivity contribution in [3.05, 3.63) is 46.5 Å². The molecule has 21 heavy (non-hydrogen) atoms. The molecule has 0 amide bonds. The predicted molar refractivity (Wildman–Crippen MR) is 85.5 cm³/mol. The van der Waals surface area contributed by atoms with Crippen molar-refractivity contribution in [2.45, 2.75) is 4.21 Å². The number of anilines is 1. The van der Waals surface area contributed by atoms with E-state index in [4.69, 9.17) is 11.6 Å². The maximum absolute atomic E-state index is 12.2. The molecule has 2 aromatic heterocycles. The molecule has 108 valence electrons. The lowest BCUT2D eigenvalue weighted by molar-refractivity contribution is 0.603. The number of hydrogen-bond acceptors (Lipinski definition) is 6. The number of aromatic nitrogens is 2. The van der Waals surface area contributed by atoms with Gasteiger partial charge in [-0.3, -0.25) is 4.72 Å². The SMILES string of the molecule is O=S(=O)(Nc1cccc(-c2nccs2)c1)c1cnc(Cl)s1. The number of sulfonamides is 1. The molecule has 1 aromatic carbocycles. The van der Waals surface area contributed by atoms with Gasteiger partial charge < -0.3 is 0 Å². The standard InChI is InChI=1S/C12H8ClN3O2S3/c13-12-15-7-10(20-12)21(17,18)16-9-3-1-2-8(6-9)11-14-4-5-19-11/h1-7,16H. The third-order valence-corrected chi connectivity index (χ3v) is 6.29. The van der Waals surface area contributed by atoms with Gasteiger partial charge in [0, 0.05) is 22.8 Å². The Kier molecular flexibility index (Phi) is 3.94. The number of nitrogens with one attached hydrogen (secondary N) is 1. The Bertz CT molecular complexity index is 860. The summed E-state index contributed by atoms with van der Waals surface area (Å²) in [6.07, 6.45) is 2.94. The van der Waals surface area contributed by atoms with Crippen molar-refractivity contribution < 1.29 is 8.42 Å². The smallest absolute Gasteiger partial charge is 0.273 e. The third kappa shape index (κ3) is 3.24. The molecular weight excluding hydrogens is 350 g/mol. The van der Waals surface area contributed by atoms with Gasteiger partial charge in [-0.25, -0.2) is 18.4 Å². The van der Waals surface area contributed by atoms with E-state index in [9.17, 15) is 8.42 Å². The summed E-state index contributed by atoms with van der Waals surface area (Å²) in [7, 11) is -3.67. The molecule has 3 rings (SSSR count). The van der Waals surface area contributed by atoms with Gasteiger partial charge >= 0.3 is 0 Å². The maximum Gasteiger partial charge on any atom is 0.273 e. The van der Waals surface area contributed by atoms with Crippen LogP contribution >= 0.6 is 34.3 Å². The minimum atomic E-state index is -3.67. The molecule has 0 fully saturated rings. The number of rotatable bonds is 4. The molecule has 0 radical (unpaired) electrons. The van der Waals surface area contributed by atoms with Crippen LogP contribution < -0.4 is 4.72 Å². The number of nitrogens with zero attached hydrogens (tertiary/aromatic N) is 2. The molecule has 0 atom stereocenters. The Labute approximate surface area is 134 Å². The monoisotopic (exact) mass is 357 g/mol. The lowest BCUT2D eigenvalue weighted by Crippen LogP contribution is -2.11. The molecule has 0 saturated carbocycles. The molecular formula is C12H8ClN3O2S3. The molecule has 5 nitrogen and oxygen atoms in total. The van der Waals surface area contributed by atoms with Crippen LogP contribution in [0.3, 0.4) is 0 Å². The van der Waals surface area contributed by atoms with Crippen molar-refractivity contribution in [1.29, 1.82) is 0 Å². The summed E-state index contributed by atoms with van der Waals surface area (Å²) in [5.74, 6) is 0. The van der Waals surface area contributed by atoms with E-state index in [1.54, 1.807) is 24.4 Å². The molecule has 0 unspecified atom stereocenters. The van der Waals surface area contributed by atoms with Gasteiger partial charge in [0.1, 0.15) is 5.01 Å². The molecule has 3 aromatic rings. The first-order valence-electron chi connectivity index (χ1n) is 5.69. The summed E-state index contributed by atoms with van der Waals surface area (Å²) in [6, 6.07) is 7.06. The summed E-state index contributed by atoms with van der Waals surface area (Å²) in [6.45, 7) is 0. The first kappa shape index (κ1) is 14.5. The van der Waals surface area contributed by atoms with Crippen molar-refractivity contribution in [1.82, 2.24) is 9.97 Å². The lowest BCUT2D eigenvalue weighted by Gasteiger charge is -2.06. The minimum absolute atomic E-state index is 0.0761. The molecule has 0 saturated heterocycles. The quantitative estimate of drug-likeness (QED) is 0.772. The Balaban J connectivity index is 1.90. The normalized spacial score (nSPS) is 11.5. The van der Waals surface area contributed by atoms with Crippen LogP contribution in [0, 0.1) is 0 Å². The van der Waals surface area contributed by atoms with Crippen LogP contribution in [0.25, 0.3) is 10.6 Å². The fourth-order valence-electron chi connectivity index (χ4n) is 1.65. The van der Waals surface area contributed by atoms with E-state index in [0.29, 0.717) is 5.69 Å². The van der Waals surface area contributed by atoms with Crippen LogP contribution in [0.15, 0.2) is 46.2 Å². The van der Waals surface area contributed by atoms with Crippen LogP contribution in [-0.4, -0.2) is 18.4 Å². The van der Waals surface area contributed by atoms with E-state index in [1.165, 1.54) is 17.5 Å².